The van der Waals surface area contributed by atoms with Crippen molar-refractivity contribution >= 4 is 11.4 Å². The molecular formula is C38H31NO2. The van der Waals surface area contributed by atoms with E-state index in [1.165, 1.54) is 33.4 Å². The zero-order chi connectivity index (χ0) is 27.4. The number of nitrogens with one attached hydrogen (secondary N) is 1. The summed E-state index contributed by atoms with van der Waals surface area (Å²) >= 11 is 0. The van der Waals surface area contributed by atoms with Gasteiger partial charge in [-0.05, 0) is 70.0 Å². The van der Waals surface area contributed by atoms with Crippen LogP contribution in [0.4, 0.5) is 11.4 Å². The van der Waals surface area contributed by atoms with Crippen LogP contribution in [0.25, 0.3) is 11.1 Å². The maximum Gasteiger partial charge on any atom is 0.171 e. The first-order chi connectivity index (χ1) is 20.2. The molecule has 5 aromatic rings. The van der Waals surface area contributed by atoms with Crippen LogP contribution in [0.5, 0.6) is 11.5 Å². The average molecular weight is 534 g/mol. The first-order valence-electron chi connectivity index (χ1n) is 14.5. The number of ether oxygens (including phenoxy) is 2. The number of anilines is 2. The van der Waals surface area contributed by atoms with Crippen molar-refractivity contribution in [1.82, 2.24) is 0 Å². The van der Waals surface area contributed by atoms with E-state index < -0.39 is 5.41 Å². The van der Waals surface area contributed by atoms with Crippen molar-refractivity contribution in [3.8, 4) is 22.6 Å². The van der Waals surface area contributed by atoms with Crippen LogP contribution in [0, 0.1) is 5.92 Å². The van der Waals surface area contributed by atoms with Crippen LogP contribution in [0.2, 0.25) is 0 Å². The number of benzene rings is 5. The van der Waals surface area contributed by atoms with Gasteiger partial charge in [0.15, 0.2) is 11.5 Å². The molecule has 1 unspecified atom stereocenters. The summed E-state index contributed by atoms with van der Waals surface area (Å²) in [5, 5.41) is 3.68. The summed E-state index contributed by atoms with van der Waals surface area (Å²) in [6.07, 6.45) is 3.02. The van der Waals surface area contributed by atoms with Crippen LogP contribution in [0.15, 0.2) is 133 Å². The molecule has 0 saturated heterocycles. The second kappa shape index (κ2) is 9.42. The molecule has 0 bridgehead atoms. The SMILES string of the molecule is CC1CCC2=C(C1)Oc1cc(Nc3ccc4c(c3)C(c3ccccc3)(c3ccccc3)c3ccccc3-4)ccc1O2. The van der Waals surface area contributed by atoms with E-state index in [4.69, 9.17) is 9.47 Å². The molecule has 5 aromatic carbocycles. The lowest BCUT2D eigenvalue weighted by molar-refractivity contribution is 0.233. The van der Waals surface area contributed by atoms with E-state index in [-0.39, 0.29) is 0 Å². The number of fused-ring (bicyclic) bond motifs is 4. The molecule has 0 fully saturated rings. The van der Waals surface area contributed by atoms with Crippen molar-refractivity contribution in [2.45, 2.75) is 31.6 Å². The van der Waals surface area contributed by atoms with Gasteiger partial charge in [0.25, 0.3) is 0 Å². The van der Waals surface area contributed by atoms with E-state index in [9.17, 15) is 0 Å². The smallest absolute Gasteiger partial charge is 0.171 e. The second-order valence-electron chi connectivity index (χ2n) is 11.5. The van der Waals surface area contributed by atoms with Crippen molar-refractivity contribution in [2.24, 2.45) is 5.92 Å². The Morgan fingerprint density at radius 1 is 0.610 bits per heavy atom. The van der Waals surface area contributed by atoms with Gasteiger partial charge in [0.1, 0.15) is 11.5 Å². The third-order valence-corrected chi connectivity index (χ3v) is 8.87. The van der Waals surface area contributed by atoms with Crippen molar-refractivity contribution in [3.63, 3.8) is 0 Å². The maximum absolute atomic E-state index is 6.36. The lowest BCUT2D eigenvalue weighted by Gasteiger charge is -2.34. The molecule has 1 atom stereocenters. The maximum atomic E-state index is 6.36. The monoisotopic (exact) mass is 533 g/mol. The molecule has 8 rings (SSSR count). The standard InChI is InChI=1S/C38H31NO2/c1-25-16-20-34-36(22-25)41-37-24-29(18-21-35(37)40-34)39-28-17-19-31-30-14-8-9-15-32(30)38(33(31)23-28,26-10-4-2-5-11-26)27-12-6-3-7-13-27/h2-15,17-19,21,23-25,39H,16,20,22H2,1H3. The van der Waals surface area contributed by atoms with E-state index in [1.54, 1.807) is 0 Å². The molecule has 0 spiro atoms. The van der Waals surface area contributed by atoms with Gasteiger partial charge < -0.3 is 14.8 Å². The molecular weight excluding hydrogens is 502 g/mol. The fourth-order valence-electron chi connectivity index (χ4n) is 6.96. The van der Waals surface area contributed by atoms with Crippen LogP contribution in [-0.4, -0.2) is 0 Å². The van der Waals surface area contributed by atoms with Crippen molar-refractivity contribution in [1.29, 1.82) is 0 Å². The average Bonchev–Trinajstić information content (AvgIpc) is 3.31. The van der Waals surface area contributed by atoms with Gasteiger partial charge in [-0.1, -0.05) is 97.9 Å². The van der Waals surface area contributed by atoms with Crippen molar-refractivity contribution < 1.29 is 9.47 Å². The number of rotatable bonds is 4. The van der Waals surface area contributed by atoms with Gasteiger partial charge in [-0.15, -0.1) is 0 Å². The fourth-order valence-corrected chi connectivity index (χ4v) is 6.96. The molecule has 3 heteroatoms. The van der Waals surface area contributed by atoms with Gasteiger partial charge in [-0.2, -0.15) is 0 Å². The highest BCUT2D eigenvalue weighted by Gasteiger charge is 2.46. The van der Waals surface area contributed by atoms with E-state index in [0.717, 1.165) is 53.7 Å². The molecule has 3 nitrogen and oxygen atoms in total. The molecule has 0 aromatic heterocycles. The minimum absolute atomic E-state index is 0.417. The van der Waals surface area contributed by atoms with Crippen molar-refractivity contribution in [2.75, 3.05) is 5.32 Å². The Morgan fingerprint density at radius 2 is 1.24 bits per heavy atom. The topological polar surface area (TPSA) is 30.5 Å². The molecule has 41 heavy (non-hydrogen) atoms. The van der Waals surface area contributed by atoms with Crippen molar-refractivity contribution in [3.05, 3.63) is 155 Å². The summed E-state index contributed by atoms with van der Waals surface area (Å²) in [6.45, 7) is 2.28. The van der Waals surface area contributed by atoms with E-state index in [0.29, 0.717) is 5.92 Å². The first kappa shape index (κ1) is 24.1. The second-order valence-corrected chi connectivity index (χ2v) is 11.5. The lowest BCUT2D eigenvalue weighted by Crippen LogP contribution is -2.28. The summed E-state index contributed by atoms with van der Waals surface area (Å²) in [5.41, 5.74) is 9.27. The third kappa shape index (κ3) is 3.80. The van der Waals surface area contributed by atoms with Gasteiger partial charge in [-0.25, -0.2) is 0 Å². The highest BCUT2D eigenvalue weighted by molar-refractivity contribution is 5.88. The van der Waals surface area contributed by atoms with Crippen LogP contribution < -0.4 is 14.8 Å². The lowest BCUT2D eigenvalue weighted by atomic mass is 9.67. The predicted molar refractivity (Wildman–Crippen MR) is 165 cm³/mol. The van der Waals surface area contributed by atoms with Gasteiger partial charge in [-0.3, -0.25) is 0 Å². The molecule has 2 aliphatic carbocycles. The molecule has 3 aliphatic rings. The summed E-state index contributed by atoms with van der Waals surface area (Å²) in [4.78, 5) is 0. The molecule has 200 valence electrons. The van der Waals surface area contributed by atoms with E-state index in [1.807, 2.05) is 6.07 Å². The van der Waals surface area contributed by atoms with Gasteiger partial charge in [0, 0.05) is 30.3 Å². The van der Waals surface area contributed by atoms with Crippen LogP contribution in [-0.2, 0) is 5.41 Å². The quantitative estimate of drug-likeness (QED) is 0.245. The summed E-state index contributed by atoms with van der Waals surface area (Å²) < 4.78 is 12.6. The zero-order valence-electron chi connectivity index (χ0n) is 23.1. The largest absolute Gasteiger partial charge is 0.454 e. The van der Waals surface area contributed by atoms with Crippen LogP contribution >= 0.6 is 0 Å². The minimum Gasteiger partial charge on any atom is -0.454 e. The third-order valence-electron chi connectivity index (χ3n) is 8.87. The van der Waals surface area contributed by atoms with E-state index >= 15 is 0 Å². The number of hydrogen-bond donors (Lipinski definition) is 1. The Balaban J connectivity index is 1.23. The van der Waals surface area contributed by atoms with Crippen LogP contribution in [0.3, 0.4) is 0 Å². The number of allylic oxidation sites excluding steroid dienone is 2. The van der Waals surface area contributed by atoms with Gasteiger partial charge in [0.2, 0.25) is 0 Å². The Hall–Kier alpha value is -4.76. The Morgan fingerprint density at radius 3 is 2.02 bits per heavy atom. The number of hydrogen-bond acceptors (Lipinski definition) is 3. The Kier molecular flexibility index (Phi) is 5.53. The fraction of sp³-hybridized carbons (Fsp3) is 0.158. The summed E-state index contributed by atoms with van der Waals surface area (Å²) in [6, 6.07) is 43.6. The predicted octanol–water partition coefficient (Wildman–Crippen LogP) is 9.60. The molecule has 0 amide bonds. The first-order valence-corrected chi connectivity index (χ1v) is 14.5. The van der Waals surface area contributed by atoms with Crippen LogP contribution in [0.1, 0.15) is 48.4 Å². The van der Waals surface area contributed by atoms with Gasteiger partial charge >= 0.3 is 0 Å². The molecule has 1 aliphatic heterocycles. The van der Waals surface area contributed by atoms with Gasteiger partial charge in [0.05, 0.1) is 5.41 Å². The molecule has 1 heterocycles. The summed E-state index contributed by atoms with van der Waals surface area (Å²) in [5.74, 6) is 4.16. The molecule has 1 N–H and O–H groups in total. The zero-order valence-corrected chi connectivity index (χ0v) is 23.1. The summed E-state index contributed by atoms with van der Waals surface area (Å²) in [7, 11) is 0. The molecule has 0 radical (unpaired) electrons. The van der Waals surface area contributed by atoms with E-state index in [2.05, 4.69) is 128 Å². The molecule has 0 saturated carbocycles. The Bertz CT molecular complexity index is 1770. The normalized spacial score (nSPS) is 17.8. The highest BCUT2D eigenvalue weighted by atomic mass is 16.6. The Labute approximate surface area is 241 Å². The highest BCUT2D eigenvalue weighted by Crippen LogP contribution is 2.56. The minimum atomic E-state index is -0.417.